The van der Waals surface area contributed by atoms with Crippen LogP contribution in [0.25, 0.3) is 55.5 Å². The summed E-state index contributed by atoms with van der Waals surface area (Å²) in [6, 6.07) is 29.7. The largest absolute Gasteiger partial charge is 0.306 e. The van der Waals surface area contributed by atoms with Gasteiger partial charge in [-0.1, -0.05) is 51.1 Å². The van der Waals surface area contributed by atoms with E-state index in [2.05, 4.69) is 96.6 Å². The van der Waals surface area contributed by atoms with Gasteiger partial charge >= 0.3 is 0 Å². The zero-order chi connectivity index (χ0) is 24.4. The minimum absolute atomic E-state index is 0.0955. The van der Waals surface area contributed by atoms with Gasteiger partial charge in [-0.25, -0.2) is 4.98 Å². The maximum absolute atomic E-state index is 5.22. The fourth-order valence-corrected chi connectivity index (χ4v) is 5.20. The average molecular weight is 468 g/mol. The Hall–Kier alpha value is -4.51. The molecule has 5 heterocycles. The Balaban J connectivity index is 1.61. The van der Waals surface area contributed by atoms with Crippen LogP contribution in [0.4, 0.5) is 0 Å². The van der Waals surface area contributed by atoms with Gasteiger partial charge in [0.15, 0.2) is 0 Å². The van der Waals surface area contributed by atoms with E-state index in [1.54, 1.807) is 0 Å². The molecule has 0 radical (unpaired) electrons. The summed E-state index contributed by atoms with van der Waals surface area (Å²) in [6.07, 6.45) is 3.67. The molecule has 5 heteroatoms. The molecule has 2 aromatic carbocycles. The molecule has 5 nitrogen and oxygen atoms in total. The number of hydrogen-bond acceptors (Lipinski definition) is 3. The second kappa shape index (κ2) is 7.49. The van der Waals surface area contributed by atoms with Gasteiger partial charge in [0.05, 0.1) is 22.1 Å². The van der Waals surface area contributed by atoms with Crippen molar-refractivity contribution >= 4 is 44.1 Å². The number of rotatable bonds is 2. The summed E-state index contributed by atoms with van der Waals surface area (Å²) in [5, 5.41) is 0. The lowest BCUT2D eigenvalue weighted by Crippen LogP contribution is -2.10. The van der Waals surface area contributed by atoms with Gasteiger partial charge in [-0.3, -0.25) is 9.97 Å². The lowest BCUT2D eigenvalue weighted by atomic mass is 9.87. The van der Waals surface area contributed by atoms with Gasteiger partial charge < -0.3 is 9.13 Å². The van der Waals surface area contributed by atoms with E-state index in [0.717, 1.165) is 55.5 Å². The quantitative estimate of drug-likeness (QED) is 0.267. The zero-order valence-electron chi connectivity index (χ0n) is 20.5. The fraction of sp³-hybridized carbons (Fsp3) is 0.129. The third-order valence-electron chi connectivity index (χ3n) is 6.97. The molecule has 174 valence electrons. The Morgan fingerprint density at radius 1 is 0.528 bits per heavy atom. The maximum atomic E-state index is 5.22. The van der Waals surface area contributed by atoms with Gasteiger partial charge in [-0.15, -0.1) is 0 Å². The number of fused-ring (bicyclic) bond motifs is 6. The first-order valence-corrected chi connectivity index (χ1v) is 12.2. The zero-order valence-corrected chi connectivity index (χ0v) is 20.5. The molecule has 0 unspecified atom stereocenters. The Kier molecular flexibility index (Phi) is 4.33. The summed E-state index contributed by atoms with van der Waals surface area (Å²) in [5.41, 5.74) is 11.3. The lowest BCUT2D eigenvalue weighted by molar-refractivity contribution is 0.590. The fourth-order valence-electron chi connectivity index (χ4n) is 5.20. The highest BCUT2D eigenvalue weighted by Crippen LogP contribution is 2.36. The molecule has 0 amide bonds. The highest BCUT2D eigenvalue weighted by Gasteiger charge is 2.21. The Bertz CT molecular complexity index is 1900. The number of hydrogen-bond donors (Lipinski definition) is 0. The van der Waals surface area contributed by atoms with E-state index in [1.807, 2.05) is 30.6 Å². The Morgan fingerprint density at radius 2 is 1.06 bits per heavy atom. The van der Waals surface area contributed by atoms with E-state index in [9.17, 15) is 0 Å². The third kappa shape index (κ3) is 2.99. The summed E-state index contributed by atoms with van der Waals surface area (Å²) in [4.78, 5) is 14.7. The minimum atomic E-state index is 0.0955. The molecule has 0 fully saturated rings. The summed E-state index contributed by atoms with van der Waals surface area (Å²) in [7, 11) is 0. The molecular weight excluding hydrogens is 442 g/mol. The van der Waals surface area contributed by atoms with Crippen LogP contribution in [0.5, 0.6) is 0 Å². The van der Waals surface area contributed by atoms with E-state index in [0.29, 0.717) is 0 Å². The molecule has 7 aromatic rings. The second-order valence-corrected chi connectivity index (χ2v) is 10.3. The van der Waals surface area contributed by atoms with Crippen LogP contribution in [-0.4, -0.2) is 24.1 Å². The molecule has 0 spiro atoms. The number of pyridine rings is 3. The van der Waals surface area contributed by atoms with Gasteiger partial charge in [0.1, 0.15) is 22.1 Å². The van der Waals surface area contributed by atoms with Gasteiger partial charge in [-0.05, 0) is 65.6 Å². The predicted octanol–water partition coefficient (Wildman–Crippen LogP) is 7.36. The van der Waals surface area contributed by atoms with Crippen LogP contribution in [0, 0.1) is 0 Å². The van der Waals surface area contributed by atoms with Crippen LogP contribution in [0.2, 0.25) is 0 Å². The Labute approximate surface area is 208 Å². The van der Waals surface area contributed by atoms with Gasteiger partial charge in [-0.2, -0.15) is 0 Å². The smallest absolute Gasteiger partial charge is 0.116 e. The lowest BCUT2D eigenvalue weighted by Gasteiger charge is -2.19. The van der Waals surface area contributed by atoms with Crippen LogP contribution < -0.4 is 0 Å². The average Bonchev–Trinajstić information content (AvgIpc) is 3.40. The highest BCUT2D eigenvalue weighted by molar-refractivity contribution is 6.13. The van der Waals surface area contributed by atoms with Crippen LogP contribution in [0.15, 0.2) is 97.3 Å². The van der Waals surface area contributed by atoms with Crippen molar-refractivity contribution in [3.05, 3.63) is 103 Å². The SMILES string of the molecule is CC(C)(C)c1ccc(-n2c3cccnc3c3nc4c5ncccc5n(-c5ccccc5)c4cc32)cc1. The van der Waals surface area contributed by atoms with E-state index < -0.39 is 0 Å². The standard InChI is InChI=1S/C31H25N5/c1-31(2,3)20-13-15-22(16-14-20)36-24-12-8-18-33-28(24)30-26(36)19-25-29(34-30)27-23(11-7-17-32-27)35(25)21-9-5-4-6-10-21/h4-19H,1-3H3. The van der Waals surface area contributed by atoms with E-state index >= 15 is 0 Å². The summed E-state index contributed by atoms with van der Waals surface area (Å²) < 4.78 is 4.53. The molecule has 0 bridgehead atoms. The van der Waals surface area contributed by atoms with Crippen LogP contribution in [0.3, 0.4) is 0 Å². The molecule has 5 aromatic heterocycles. The first kappa shape index (κ1) is 20.8. The van der Waals surface area contributed by atoms with Crippen molar-refractivity contribution in [1.82, 2.24) is 24.1 Å². The molecule has 0 atom stereocenters. The number of nitrogens with zero attached hydrogens (tertiary/aromatic N) is 5. The van der Waals surface area contributed by atoms with Crippen LogP contribution >= 0.6 is 0 Å². The maximum Gasteiger partial charge on any atom is 0.116 e. The van der Waals surface area contributed by atoms with Crippen molar-refractivity contribution in [2.24, 2.45) is 0 Å². The van der Waals surface area contributed by atoms with E-state index in [4.69, 9.17) is 15.0 Å². The van der Waals surface area contributed by atoms with Gasteiger partial charge in [0, 0.05) is 23.8 Å². The number of benzene rings is 2. The topological polar surface area (TPSA) is 48.5 Å². The first-order chi connectivity index (χ1) is 17.5. The molecule has 36 heavy (non-hydrogen) atoms. The van der Waals surface area contributed by atoms with Crippen molar-refractivity contribution < 1.29 is 0 Å². The Morgan fingerprint density at radius 3 is 1.58 bits per heavy atom. The molecule has 7 rings (SSSR count). The predicted molar refractivity (Wildman–Crippen MR) is 147 cm³/mol. The van der Waals surface area contributed by atoms with Crippen molar-refractivity contribution in [3.63, 3.8) is 0 Å². The van der Waals surface area contributed by atoms with Gasteiger partial charge in [0.25, 0.3) is 0 Å². The molecule has 0 aliphatic carbocycles. The highest BCUT2D eigenvalue weighted by atomic mass is 15.1. The van der Waals surface area contributed by atoms with Crippen molar-refractivity contribution in [1.29, 1.82) is 0 Å². The van der Waals surface area contributed by atoms with Crippen LogP contribution in [0.1, 0.15) is 26.3 Å². The van der Waals surface area contributed by atoms with Crippen LogP contribution in [-0.2, 0) is 5.41 Å². The molecule has 0 saturated heterocycles. The van der Waals surface area contributed by atoms with Crippen molar-refractivity contribution in [3.8, 4) is 11.4 Å². The summed E-state index contributed by atoms with van der Waals surface area (Å²) >= 11 is 0. The van der Waals surface area contributed by atoms with E-state index in [1.165, 1.54) is 5.56 Å². The second-order valence-electron chi connectivity index (χ2n) is 10.3. The molecular formula is C31H25N5. The number of aromatic nitrogens is 5. The monoisotopic (exact) mass is 467 g/mol. The summed E-state index contributed by atoms with van der Waals surface area (Å²) in [5.74, 6) is 0. The van der Waals surface area contributed by atoms with Gasteiger partial charge in [0.2, 0.25) is 0 Å². The molecule has 0 N–H and O–H groups in total. The van der Waals surface area contributed by atoms with E-state index in [-0.39, 0.29) is 5.41 Å². The van der Waals surface area contributed by atoms with Crippen molar-refractivity contribution in [2.75, 3.05) is 0 Å². The summed E-state index contributed by atoms with van der Waals surface area (Å²) in [6.45, 7) is 6.72. The normalized spacial score (nSPS) is 12.3. The molecule has 0 aliphatic rings. The third-order valence-corrected chi connectivity index (χ3v) is 6.97. The molecule has 0 saturated carbocycles. The first-order valence-electron chi connectivity index (χ1n) is 12.2. The molecule has 0 aliphatic heterocycles. The number of para-hydroxylation sites is 1. The van der Waals surface area contributed by atoms with Crippen molar-refractivity contribution in [2.45, 2.75) is 26.2 Å². The minimum Gasteiger partial charge on any atom is -0.306 e.